The summed E-state index contributed by atoms with van der Waals surface area (Å²) in [5.41, 5.74) is 0.812. The van der Waals surface area contributed by atoms with Gasteiger partial charge in [-0.15, -0.1) is 5.10 Å². The first-order valence-electron chi connectivity index (χ1n) is 12.1. The fraction of sp³-hybridized carbons (Fsp3) is 0.462. The molecular formula is C26H29ClF3N3O6. The van der Waals surface area contributed by atoms with Crippen molar-refractivity contribution in [2.45, 2.75) is 56.2 Å². The Bertz CT molecular complexity index is 1230. The lowest BCUT2D eigenvalue weighted by Gasteiger charge is -2.46. The molecule has 13 heteroatoms. The molecule has 2 unspecified atom stereocenters. The van der Waals surface area contributed by atoms with Crippen molar-refractivity contribution in [3.05, 3.63) is 70.6 Å². The number of halogens is 4. The van der Waals surface area contributed by atoms with Crippen LogP contribution in [0.25, 0.3) is 11.3 Å². The highest BCUT2D eigenvalue weighted by Crippen LogP contribution is 2.36. The number of hydrogen-bond donors (Lipinski definition) is 2. The minimum atomic E-state index is -1.60. The van der Waals surface area contributed by atoms with Crippen molar-refractivity contribution >= 4 is 11.6 Å². The molecular weight excluding hydrogens is 543 g/mol. The van der Waals surface area contributed by atoms with Crippen molar-refractivity contribution in [2.24, 2.45) is 0 Å². The summed E-state index contributed by atoms with van der Waals surface area (Å²) in [6.45, 7) is 1.42. The zero-order valence-electron chi connectivity index (χ0n) is 21.4. The number of ether oxygens (including phenoxy) is 4. The summed E-state index contributed by atoms with van der Waals surface area (Å²) in [7, 11) is 2.92. The maximum Gasteiger partial charge on any atom is 0.194 e. The molecule has 0 spiro atoms. The molecule has 0 saturated carbocycles. The Kier molecular flexibility index (Phi) is 9.60. The molecule has 0 bridgehead atoms. The standard InChI is InChI=1S/C26H29ClF3N3O6/c1-13(36-2)24(38-12-14-4-6-16(27)7-5-14)26-25(37-3)22(23(35)20(11-34)39-26)33-10-19(31-32-33)15-8-17(28)21(30)18(29)9-15/h4-10,13,20,22-26,34-35H,11-12H2,1-3H3/t13-,20?,22+,23+,24-,25?,26+/m1/s1. The smallest absolute Gasteiger partial charge is 0.194 e. The third-order valence-corrected chi connectivity index (χ3v) is 7.04. The van der Waals surface area contributed by atoms with Gasteiger partial charge in [-0.05, 0) is 36.8 Å². The van der Waals surface area contributed by atoms with Crippen LogP contribution in [0.3, 0.4) is 0 Å². The first kappa shape index (κ1) is 29.4. The summed E-state index contributed by atoms with van der Waals surface area (Å²) in [4.78, 5) is 0. The summed E-state index contributed by atoms with van der Waals surface area (Å²) < 4.78 is 66.0. The van der Waals surface area contributed by atoms with Crippen molar-refractivity contribution in [1.29, 1.82) is 0 Å². The predicted octanol–water partition coefficient (Wildman–Crippen LogP) is 3.31. The lowest BCUT2D eigenvalue weighted by atomic mass is 9.88. The fourth-order valence-electron chi connectivity index (χ4n) is 4.63. The number of aromatic nitrogens is 3. The number of aliphatic hydroxyl groups excluding tert-OH is 2. The highest BCUT2D eigenvalue weighted by molar-refractivity contribution is 6.30. The van der Waals surface area contributed by atoms with Crippen molar-refractivity contribution in [2.75, 3.05) is 20.8 Å². The fourth-order valence-corrected chi connectivity index (χ4v) is 4.75. The zero-order valence-corrected chi connectivity index (χ0v) is 22.1. The molecule has 7 atom stereocenters. The molecule has 2 N–H and O–H groups in total. The SMILES string of the molecule is COC1[C@H]([C@H](OCc2ccc(Cl)cc2)[C@@H](C)OC)OC(CO)[C@H](O)[C@@H]1n1cc(-c2cc(F)c(F)c(F)c2)nn1. The summed E-state index contributed by atoms with van der Waals surface area (Å²) in [5.74, 6) is -4.36. The van der Waals surface area contributed by atoms with Gasteiger partial charge in [0.2, 0.25) is 0 Å². The topological polar surface area (TPSA) is 108 Å². The second-order valence-corrected chi connectivity index (χ2v) is 9.62. The van der Waals surface area contributed by atoms with Gasteiger partial charge < -0.3 is 29.2 Å². The van der Waals surface area contributed by atoms with E-state index in [1.54, 1.807) is 19.1 Å². The van der Waals surface area contributed by atoms with Gasteiger partial charge in [0.05, 0.1) is 25.5 Å². The summed E-state index contributed by atoms with van der Waals surface area (Å²) in [6.07, 6.45) is -4.04. The van der Waals surface area contributed by atoms with Gasteiger partial charge in [0, 0.05) is 24.8 Å². The monoisotopic (exact) mass is 571 g/mol. The van der Waals surface area contributed by atoms with Gasteiger partial charge in [0.1, 0.15) is 42.3 Å². The van der Waals surface area contributed by atoms with Crippen LogP contribution in [0.5, 0.6) is 0 Å². The van der Waals surface area contributed by atoms with E-state index < -0.39 is 66.7 Å². The van der Waals surface area contributed by atoms with E-state index in [-0.39, 0.29) is 17.9 Å². The molecule has 3 aromatic rings. The third-order valence-electron chi connectivity index (χ3n) is 6.78. The second-order valence-electron chi connectivity index (χ2n) is 9.18. The van der Waals surface area contributed by atoms with Crippen LogP contribution in [0.2, 0.25) is 5.02 Å². The van der Waals surface area contributed by atoms with Gasteiger partial charge in [0.15, 0.2) is 17.5 Å². The summed E-state index contributed by atoms with van der Waals surface area (Å²) in [6, 6.07) is 7.72. The van der Waals surface area contributed by atoms with E-state index in [0.717, 1.165) is 17.7 Å². The molecule has 9 nitrogen and oxygen atoms in total. The quantitative estimate of drug-likeness (QED) is 0.357. The van der Waals surface area contributed by atoms with Crippen LogP contribution in [-0.2, 0) is 25.6 Å². The molecule has 4 rings (SSSR count). The Labute approximate surface area is 228 Å². The van der Waals surface area contributed by atoms with E-state index in [1.165, 1.54) is 25.1 Å². The van der Waals surface area contributed by atoms with Crippen LogP contribution in [-0.4, -0.2) is 82.7 Å². The molecule has 1 fully saturated rings. The number of aliphatic hydroxyl groups is 2. The summed E-state index contributed by atoms with van der Waals surface area (Å²) >= 11 is 5.98. The zero-order chi connectivity index (χ0) is 28.3. The number of methoxy groups -OCH3 is 2. The van der Waals surface area contributed by atoms with E-state index in [4.69, 9.17) is 30.5 Å². The average Bonchev–Trinajstić information content (AvgIpc) is 3.42. The Morgan fingerprint density at radius 1 is 1.13 bits per heavy atom. The van der Waals surface area contributed by atoms with Crippen LogP contribution in [0, 0.1) is 17.5 Å². The van der Waals surface area contributed by atoms with Gasteiger partial charge in [-0.2, -0.15) is 0 Å². The van der Waals surface area contributed by atoms with E-state index in [2.05, 4.69) is 10.3 Å². The van der Waals surface area contributed by atoms with Gasteiger partial charge in [-0.25, -0.2) is 17.9 Å². The molecule has 1 saturated heterocycles. The van der Waals surface area contributed by atoms with E-state index in [1.807, 2.05) is 12.1 Å². The van der Waals surface area contributed by atoms with E-state index >= 15 is 0 Å². The van der Waals surface area contributed by atoms with Crippen molar-refractivity contribution in [3.63, 3.8) is 0 Å². The Hall–Kier alpha value is -2.58. The van der Waals surface area contributed by atoms with Crippen LogP contribution in [0.4, 0.5) is 13.2 Å². The lowest BCUT2D eigenvalue weighted by Crippen LogP contribution is -2.61. The molecule has 1 aliphatic heterocycles. The van der Waals surface area contributed by atoms with Crippen LogP contribution in [0.1, 0.15) is 18.5 Å². The molecule has 2 aromatic carbocycles. The summed E-state index contributed by atoms with van der Waals surface area (Å²) in [5, 5.41) is 29.7. The lowest BCUT2D eigenvalue weighted by molar-refractivity contribution is -0.254. The normalized spacial score (nSPS) is 25.0. The van der Waals surface area contributed by atoms with E-state index in [9.17, 15) is 23.4 Å². The maximum atomic E-state index is 13.8. The van der Waals surface area contributed by atoms with Crippen molar-refractivity contribution in [3.8, 4) is 11.3 Å². The van der Waals surface area contributed by atoms with Crippen molar-refractivity contribution < 1.29 is 42.3 Å². The van der Waals surface area contributed by atoms with Gasteiger partial charge in [-0.3, -0.25) is 0 Å². The molecule has 0 amide bonds. The molecule has 0 radical (unpaired) electrons. The van der Waals surface area contributed by atoms with Crippen LogP contribution >= 0.6 is 11.6 Å². The first-order valence-corrected chi connectivity index (χ1v) is 12.5. The first-order chi connectivity index (χ1) is 18.7. The van der Waals surface area contributed by atoms with Gasteiger partial charge in [-0.1, -0.05) is 28.9 Å². The second kappa shape index (κ2) is 12.7. The highest BCUT2D eigenvalue weighted by atomic mass is 35.5. The maximum absolute atomic E-state index is 13.8. The number of nitrogens with zero attached hydrogens (tertiary/aromatic N) is 3. The molecule has 1 aliphatic rings. The minimum Gasteiger partial charge on any atom is -0.394 e. The van der Waals surface area contributed by atoms with Crippen LogP contribution < -0.4 is 0 Å². The Morgan fingerprint density at radius 3 is 2.38 bits per heavy atom. The average molecular weight is 572 g/mol. The number of hydrogen-bond acceptors (Lipinski definition) is 8. The number of benzene rings is 2. The molecule has 0 aliphatic carbocycles. The number of rotatable bonds is 10. The molecule has 1 aromatic heterocycles. The third kappa shape index (κ3) is 6.27. The Balaban J connectivity index is 1.66. The van der Waals surface area contributed by atoms with Gasteiger partial charge >= 0.3 is 0 Å². The minimum absolute atomic E-state index is 0.0271. The van der Waals surface area contributed by atoms with Crippen molar-refractivity contribution in [1.82, 2.24) is 15.0 Å². The Morgan fingerprint density at radius 2 is 1.79 bits per heavy atom. The highest BCUT2D eigenvalue weighted by Gasteiger charge is 2.51. The predicted molar refractivity (Wildman–Crippen MR) is 133 cm³/mol. The van der Waals surface area contributed by atoms with E-state index in [0.29, 0.717) is 5.02 Å². The van der Waals surface area contributed by atoms with Crippen LogP contribution in [0.15, 0.2) is 42.6 Å². The molecule has 2 heterocycles. The largest absolute Gasteiger partial charge is 0.394 e. The molecule has 39 heavy (non-hydrogen) atoms. The van der Waals surface area contributed by atoms with Gasteiger partial charge in [0.25, 0.3) is 0 Å². The molecule has 212 valence electrons.